The third kappa shape index (κ3) is 1.08. The molecule has 62 valence electrons. The van der Waals surface area contributed by atoms with Crippen molar-refractivity contribution >= 4 is 0 Å². The lowest BCUT2D eigenvalue weighted by atomic mass is 10.3. The molecule has 0 fully saturated rings. The normalized spacial score (nSPS) is 20.5. The van der Waals surface area contributed by atoms with E-state index in [1.54, 1.807) is 16.9 Å². The molecular formula is C6H7N5O. The molecule has 0 aromatic carbocycles. The first kappa shape index (κ1) is 7.00. The highest BCUT2D eigenvalue weighted by Crippen LogP contribution is 2.16. The third-order valence-electron chi connectivity index (χ3n) is 1.70. The van der Waals surface area contributed by atoms with Crippen molar-refractivity contribution in [2.24, 2.45) is 5.11 Å². The van der Waals surface area contributed by atoms with Gasteiger partial charge in [-0.2, -0.15) is 5.10 Å². The summed E-state index contributed by atoms with van der Waals surface area (Å²) in [7, 11) is 0. The van der Waals surface area contributed by atoms with Crippen LogP contribution in [0.3, 0.4) is 0 Å². The lowest BCUT2D eigenvalue weighted by Gasteiger charge is -2.19. The highest BCUT2D eigenvalue weighted by Gasteiger charge is 2.17. The molecule has 6 heteroatoms. The molecule has 1 atom stereocenters. The van der Waals surface area contributed by atoms with Crippen molar-refractivity contribution in [2.45, 2.75) is 12.6 Å². The summed E-state index contributed by atoms with van der Waals surface area (Å²) in [6.07, 6.45) is 1.66. The molecular weight excluding hydrogens is 158 g/mol. The SMILES string of the molecule is [N-]=[N+]=N[C@H]1COc2ccnn2C1. The minimum absolute atomic E-state index is 0.137. The first-order valence-electron chi connectivity index (χ1n) is 3.59. The van der Waals surface area contributed by atoms with Crippen LogP contribution in [0.5, 0.6) is 5.88 Å². The third-order valence-corrected chi connectivity index (χ3v) is 1.70. The average molecular weight is 165 g/mol. The number of hydrogen-bond acceptors (Lipinski definition) is 3. The molecule has 1 aliphatic heterocycles. The van der Waals surface area contributed by atoms with Crippen molar-refractivity contribution < 1.29 is 4.74 Å². The molecule has 1 aliphatic rings. The first-order valence-corrected chi connectivity index (χ1v) is 3.59. The Bertz CT molecular complexity index is 326. The monoisotopic (exact) mass is 165 g/mol. The summed E-state index contributed by atoms with van der Waals surface area (Å²) in [5.74, 6) is 0.736. The maximum atomic E-state index is 8.19. The van der Waals surface area contributed by atoms with E-state index in [-0.39, 0.29) is 6.04 Å². The van der Waals surface area contributed by atoms with E-state index in [1.807, 2.05) is 0 Å². The predicted octanol–water partition coefficient (Wildman–Crippen LogP) is 0.954. The lowest BCUT2D eigenvalue weighted by molar-refractivity contribution is 0.206. The Hall–Kier alpha value is -1.68. The zero-order valence-electron chi connectivity index (χ0n) is 6.29. The number of fused-ring (bicyclic) bond motifs is 1. The van der Waals surface area contributed by atoms with Gasteiger partial charge in [0.25, 0.3) is 0 Å². The Morgan fingerprint density at radius 3 is 3.58 bits per heavy atom. The van der Waals surface area contributed by atoms with Crippen molar-refractivity contribution in [1.82, 2.24) is 9.78 Å². The van der Waals surface area contributed by atoms with Gasteiger partial charge >= 0.3 is 0 Å². The van der Waals surface area contributed by atoms with Crippen LogP contribution in [0.15, 0.2) is 17.4 Å². The molecule has 12 heavy (non-hydrogen) atoms. The Kier molecular flexibility index (Phi) is 1.60. The van der Waals surface area contributed by atoms with E-state index in [2.05, 4.69) is 15.1 Å². The van der Waals surface area contributed by atoms with Gasteiger partial charge in [0.1, 0.15) is 6.61 Å². The molecule has 0 N–H and O–H groups in total. The number of rotatable bonds is 1. The summed E-state index contributed by atoms with van der Waals surface area (Å²) in [4.78, 5) is 2.72. The van der Waals surface area contributed by atoms with Gasteiger partial charge in [0, 0.05) is 11.0 Å². The predicted molar refractivity (Wildman–Crippen MR) is 40.7 cm³/mol. The van der Waals surface area contributed by atoms with E-state index < -0.39 is 0 Å². The van der Waals surface area contributed by atoms with Gasteiger partial charge in [-0.3, -0.25) is 0 Å². The van der Waals surface area contributed by atoms with E-state index in [4.69, 9.17) is 10.3 Å². The quantitative estimate of drug-likeness (QED) is 0.353. The van der Waals surface area contributed by atoms with Crippen molar-refractivity contribution in [3.8, 4) is 5.88 Å². The second kappa shape index (κ2) is 2.75. The fourth-order valence-electron chi connectivity index (χ4n) is 1.16. The van der Waals surface area contributed by atoms with Crippen LogP contribution in [0.25, 0.3) is 10.4 Å². The molecule has 2 rings (SSSR count). The second-order valence-corrected chi connectivity index (χ2v) is 2.52. The Labute approximate surface area is 68.4 Å². The topological polar surface area (TPSA) is 75.8 Å². The van der Waals surface area contributed by atoms with E-state index >= 15 is 0 Å². The van der Waals surface area contributed by atoms with Gasteiger partial charge in [-0.15, -0.1) is 0 Å². The van der Waals surface area contributed by atoms with E-state index in [9.17, 15) is 0 Å². The van der Waals surface area contributed by atoms with Gasteiger partial charge in [-0.25, -0.2) is 4.68 Å². The summed E-state index contributed by atoms with van der Waals surface area (Å²) in [5.41, 5.74) is 8.19. The Balaban J connectivity index is 2.20. The molecule has 1 aromatic heterocycles. The Morgan fingerprint density at radius 1 is 1.83 bits per heavy atom. The molecule has 0 saturated heterocycles. The van der Waals surface area contributed by atoms with Crippen LogP contribution >= 0.6 is 0 Å². The standard InChI is InChI=1S/C6H7N5O/c7-10-9-5-3-11-6(12-4-5)1-2-8-11/h1-2,5H,3-4H2/t5-/m1/s1. The zero-order valence-corrected chi connectivity index (χ0v) is 6.29. The molecule has 0 bridgehead atoms. The van der Waals surface area contributed by atoms with Gasteiger partial charge in [-0.1, -0.05) is 5.11 Å². The van der Waals surface area contributed by atoms with Gasteiger partial charge in [0.15, 0.2) is 0 Å². The highest BCUT2D eigenvalue weighted by molar-refractivity contribution is 5.10. The maximum absolute atomic E-state index is 8.19. The van der Waals surface area contributed by atoms with Crippen LogP contribution in [0.4, 0.5) is 0 Å². The van der Waals surface area contributed by atoms with Crippen molar-refractivity contribution in [1.29, 1.82) is 0 Å². The van der Waals surface area contributed by atoms with E-state index in [0.29, 0.717) is 13.2 Å². The van der Waals surface area contributed by atoms with Crippen LogP contribution in [0.2, 0.25) is 0 Å². The highest BCUT2D eigenvalue weighted by atomic mass is 16.5. The molecule has 0 saturated carbocycles. The van der Waals surface area contributed by atoms with E-state index in [0.717, 1.165) is 5.88 Å². The summed E-state index contributed by atoms with van der Waals surface area (Å²) in [6.45, 7) is 1.04. The largest absolute Gasteiger partial charge is 0.477 e. The summed E-state index contributed by atoms with van der Waals surface area (Å²) >= 11 is 0. The van der Waals surface area contributed by atoms with Crippen LogP contribution in [0, 0.1) is 0 Å². The fourth-order valence-corrected chi connectivity index (χ4v) is 1.16. The smallest absolute Gasteiger partial charge is 0.211 e. The molecule has 1 aromatic rings. The first-order chi connectivity index (χ1) is 5.90. The minimum atomic E-state index is -0.137. The molecule has 0 unspecified atom stereocenters. The fraction of sp³-hybridized carbons (Fsp3) is 0.500. The van der Waals surface area contributed by atoms with Crippen molar-refractivity contribution in [3.63, 3.8) is 0 Å². The number of aromatic nitrogens is 2. The van der Waals surface area contributed by atoms with Crippen LogP contribution in [0.1, 0.15) is 0 Å². The Morgan fingerprint density at radius 2 is 2.75 bits per heavy atom. The molecule has 2 heterocycles. The van der Waals surface area contributed by atoms with E-state index in [1.165, 1.54) is 0 Å². The summed E-state index contributed by atoms with van der Waals surface area (Å²) < 4.78 is 6.95. The molecule has 0 radical (unpaired) electrons. The molecule has 0 amide bonds. The molecule has 0 spiro atoms. The summed E-state index contributed by atoms with van der Waals surface area (Å²) in [5, 5.41) is 7.55. The van der Waals surface area contributed by atoms with Gasteiger partial charge in [-0.05, 0) is 5.53 Å². The number of azide groups is 1. The number of nitrogens with zero attached hydrogens (tertiary/aromatic N) is 5. The van der Waals surface area contributed by atoms with Crippen LogP contribution in [-0.4, -0.2) is 22.4 Å². The van der Waals surface area contributed by atoms with Gasteiger partial charge < -0.3 is 4.74 Å². The number of hydrogen-bond donors (Lipinski definition) is 0. The van der Waals surface area contributed by atoms with Crippen molar-refractivity contribution in [2.75, 3.05) is 6.61 Å². The van der Waals surface area contributed by atoms with Crippen LogP contribution < -0.4 is 4.74 Å². The van der Waals surface area contributed by atoms with Gasteiger partial charge in [0.05, 0.1) is 18.8 Å². The second-order valence-electron chi connectivity index (χ2n) is 2.52. The van der Waals surface area contributed by atoms with Gasteiger partial charge in [0.2, 0.25) is 5.88 Å². The van der Waals surface area contributed by atoms with Crippen LogP contribution in [-0.2, 0) is 6.54 Å². The summed E-state index contributed by atoms with van der Waals surface area (Å²) in [6, 6.07) is 1.65. The average Bonchev–Trinajstić information content (AvgIpc) is 2.51. The molecule has 6 nitrogen and oxygen atoms in total. The zero-order chi connectivity index (χ0) is 8.39. The molecule has 0 aliphatic carbocycles. The van der Waals surface area contributed by atoms with Crippen molar-refractivity contribution in [3.05, 3.63) is 22.7 Å². The lowest BCUT2D eigenvalue weighted by Crippen LogP contribution is -2.28. The maximum Gasteiger partial charge on any atom is 0.211 e. The minimum Gasteiger partial charge on any atom is -0.477 e. The number of ether oxygens (including phenoxy) is 1.